The molecule has 0 saturated heterocycles. The molecule has 2 aromatic rings. The van der Waals surface area contributed by atoms with Crippen LogP contribution < -0.4 is 9.64 Å². The number of hydrogen-bond donors (Lipinski definition) is 1. The highest BCUT2D eigenvalue weighted by molar-refractivity contribution is 6.01. The van der Waals surface area contributed by atoms with E-state index in [2.05, 4.69) is 4.98 Å². The molecule has 0 amide bonds. The number of aromatic amines is 1. The molecule has 24 heavy (non-hydrogen) atoms. The Morgan fingerprint density at radius 1 is 1.12 bits per heavy atom. The van der Waals surface area contributed by atoms with Crippen LogP contribution in [0, 0.1) is 0 Å². The number of H-pyrrole nitrogens is 1. The van der Waals surface area contributed by atoms with E-state index in [0.29, 0.717) is 30.1 Å². The van der Waals surface area contributed by atoms with Crippen molar-refractivity contribution in [1.82, 2.24) is 9.88 Å². The van der Waals surface area contributed by atoms with Crippen LogP contribution in [0.15, 0.2) is 18.2 Å². The summed E-state index contributed by atoms with van der Waals surface area (Å²) in [6, 6.07) is 5.21. The molecule has 1 heterocycles. The highest BCUT2D eigenvalue weighted by atomic mass is 16.5. The van der Waals surface area contributed by atoms with Gasteiger partial charge in [0, 0.05) is 50.8 Å². The van der Waals surface area contributed by atoms with Crippen molar-refractivity contribution in [2.75, 3.05) is 46.2 Å². The third-order valence-corrected chi connectivity index (χ3v) is 3.42. The first kappa shape index (κ1) is 17.8. The smallest absolute Gasteiger partial charge is 0.354 e. The van der Waals surface area contributed by atoms with Gasteiger partial charge in [0.05, 0.1) is 5.52 Å². The molecule has 130 valence electrons. The molecular weight excluding hydrogens is 310 g/mol. The van der Waals surface area contributed by atoms with Gasteiger partial charge in [0.2, 0.25) is 0 Å². The molecule has 0 unspecified atom stereocenters. The lowest BCUT2D eigenvalue weighted by Gasteiger charge is -2.15. The van der Waals surface area contributed by atoms with Gasteiger partial charge in [-0.15, -0.1) is 0 Å². The van der Waals surface area contributed by atoms with Crippen LogP contribution in [-0.2, 0) is 9.53 Å². The largest absolute Gasteiger partial charge is 0.460 e. The number of aromatic nitrogens is 1. The molecule has 0 aliphatic carbocycles. The minimum Gasteiger partial charge on any atom is -0.460 e. The molecule has 0 atom stereocenters. The quantitative estimate of drug-likeness (QED) is 0.643. The Bertz CT molecular complexity index is 750. The van der Waals surface area contributed by atoms with Crippen molar-refractivity contribution in [3.05, 3.63) is 23.9 Å². The van der Waals surface area contributed by atoms with Crippen LogP contribution >= 0.6 is 0 Å². The van der Waals surface area contributed by atoms with Crippen LogP contribution in [0.3, 0.4) is 0 Å². The Kier molecular flexibility index (Phi) is 5.46. The second-order valence-electron chi connectivity index (χ2n) is 6.01. The number of anilines is 1. The van der Waals surface area contributed by atoms with Crippen LogP contribution in [0.25, 0.3) is 10.9 Å². The first-order valence-electron chi connectivity index (χ1n) is 7.62. The number of carbonyl (C=O) groups is 2. The Morgan fingerprint density at radius 3 is 2.42 bits per heavy atom. The number of benzene rings is 1. The molecule has 0 saturated carbocycles. The summed E-state index contributed by atoms with van der Waals surface area (Å²) >= 11 is 0. The molecule has 0 fully saturated rings. The van der Waals surface area contributed by atoms with Crippen molar-refractivity contribution < 1.29 is 19.1 Å². The topological polar surface area (TPSA) is 74.9 Å². The summed E-state index contributed by atoms with van der Waals surface area (Å²) in [6.07, 6.45) is 0. The predicted molar refractivity (Wildman–Crippen MR) is 92.8 cm³/mol. The fourth-order valence-electron chi connectivity index (χ4n) is 2.30. The standard InChI is InChI=1S/C17H23N3O4/c1-11(21)24-12-8-14-13(16(9-12)20(4)5)10-15(18-14)17(22)23-7-6-19(2)3/h8-10,18H,6-7H2,1-5H3. The van der Waals surface area contributed by atoms with Gasteiger partial charge in [-0.1, -0.05) is 0 Å². The fourth-order valence-corrected chi connectivity index (χ4v) is 2.30. The van der Waals surface area contributed by atoms with Crippen LogP contribution in [0.1, 0.15) is 17.4 Å². The first-order chi connectivity index (χ1) is 11.3. The van der Waals surface area contributed by atoms with E-state index < -0.39 is 11.9 Å². The maximum absolute atomic E-state index is 12.2. The summed E-state index contributed by atoms with van der Waals surface area (Å²) in [7, 11) is 7.59. The number of hydrogen-bond acceptors (Lipinski definition) is 6. The Hall–Kier alpha value is -2.54. The van der Waals surface area contributed by atoms with E-state index in [1.807, 2.05) is 38.0 Å². The van der Waals surface area contributed by atoms with Gasteiger partial charge in [-0.25, -0.2) is 4.79 Å². The summed E-state index contributed by atoms with van der Waals surface area (Å²) in [5, 5.41) is 0.857. The average molecular weight is 333 g/mol. The highest BCUT2D eigenvalue weighted by Gasteiger charge is 2.16. The average Bonchev–Trinajstić information content (AvgIpc) is 2.88. The predicted octanol–water partition coefficient (Wildman–Crippen LogP) is 1.88. The summed E-state index contributed by atoms with van der Waals surface area (Å²) in [4.78, 5) is 30.2. The van der Waals surface area contributed by atoms with Crippen molar-refractivity contribution in [3.8, 4) is 5.75 Å². The maximum Gasteiger partial charge on any atom is 0.354 e. The number of likely N-dealkylation sites (N-methyl/N-ethyl adjacent to an activating group) is 1. The molecule has 0 bridgehead atoms. The molecule has 0 radical (unpaired) electrons. The van der Waals surface area contributed by atoms with Gasteiger partial charge in [-0.3, -0.25) is 4.79 Å². The minimum atomic E-state index is -0.410. The Balaban J connectivity index is 2.32. The molecule has 7 nitrogen and oxygen atoms in total. The van der Waals surface area contributed by atoms with Gasteiger partial charge in [0.1, 0.15) is 18.1 Å². The van der Waals surface area contributed by atoms with E-state index in [9.17, 15) is 9.59 Å². The highest BCUT2D eigenvalue weighted by Crippen LogP contribution is 2.32. The van der Waals surface area contributed by atoms with Gasteiger partial charge in [-0.05, 0) is 20.2 Å². The van der Waals surface area contributed by atoms with Gasteiger partial charge < -0.3 is 24.3 Å². The second-order valence-corrected chi connectivity index (χ2v) is 6.01. The summed E-state index contributed by atoms with van der Waals surface area (Å²) < 4.78 is 10.4. The lowest BCUT2D eigenvalue weighted by atomic mass is 10.2. The molecule has 1 aromatic heterocycles. The van der Waals surface area contributed by atoms with Crippen LogP contribution in [0.2, 0.25) is 0 Å². The number of ether oxygens (including phenoxy) is 2. The maximum atomic E-state index is 12.2. The number of nitrogens with one attached hydrogen (secondary N) is 1. The van der Waals surface area contributed by atoms with Crippen LogP contribution in [0.5, 0.6) is 5.75 Å². The van der Waals surface area contributed by atoms with E-state index in [1.54, 1.807) is 18.2 Å². The zero-order chi connectivity index (χ0) is 17.9. The van der Waals surface area contributed by atoms with Gasteiger partial charge >= 0.3 is 11.9 Å². The van der Waals surface area contributed by atoms with E-state index in [1.165, 1.54) is 6.92 Å². The number of esters is 2. The van der Waals surface area contributed by atoms with Gasteiger partial charge in [0.25, 0.3) is 0 Å². The molecule has 2 rings (SSSR count). The number of rotatable bonds is 6. The molecule has 0 aliphatic heterocycles. The lowest BCUT2D eigenvalue weighted by molar-refractivity contribution is -0.131. The van der Waals surface area contributed by atoms with E-state index in [0.717, 1.165) is 11.1 Å². The van der Waals surface area contributed by atoms with Crippen LogP contribution in [0.4, 0.5) is 5.69 Å². The number of nitrogens with zero attached hydrogens (tertiary/aromatic N) is 2. The first-order valence-corrected chi connectivity index (χ1v) is 7.62. The summed E-state index contributed by atoms with van der Waals surface area (Å²) in [5.41, 5.74) is 1.91. The van der Waals surface area contributed by atoms with Gasteiger partial charge in [-0.2, -0.15) is 0 Å². The van der Waals surface area contributed by atoms with Crippen molar-refractivity contribution in [1.29, 1.82) is 0 Å². The van der Waals surface area contributed by atoms with E-state index in [4.69, 9.17) is 9.47 Å². The summed E-state index contributed by atoms with van der Waals surface area (Å²) in [6.45, 7) is 2.33. The molecule has 1 aromatic carbocycles. The second kappa shape index (κ2) is 7.35. The van der Waals surface area contributed by atoms with Crippen molar-refractivity contribution in [2.45, 2.75) is 6.92 Å². The fraction of sp³-hybridized carbons (Fsp3) is 0.412. The number of fused-ring (bicyclic) bond motifs is 1. The van der Waals surface area contributed by atoms with Crippen LogP contribution in [-0.4, -0.2) is 63.2 Å². The summed E-state index contributed by atoms with van der Waals surface area (Å²) in [5.74, 6) is -0.381. The molecule has 0 spiro atoms. The van der Waals surface area contributed by atoms with Gasteiger partial charge in [0.15, 0.2) is 0 Å². The monoisotopic (exact) mass is 333 g/mol. The van der Waals surface area contributed by atoms with Crippen molar-refractivity contribution >= 4 is 28.5 Å². The molecule has 7 heteroatoms. The lowest BCUT2D eigenvalue weighted by Crippen LogP contribution is -2.20. The number of carbonyl (C=O) groups excluding carboxylic acids is 2. The van der Waals surface area contributed by atoms with E-state index in [-0.39, 0.29) is 0 Å². The zero-order valence-corrected chi connectivity index (χ0v) is 14.7. The Labute approximate surface area is 141 Å². The van der Waals surface area contributed by atoms with Crippen molar-refractivity contribution in [3.63, 3.8) is 0 Å². The SMILES string of the molecule is CC(=O)Oc1cc(N(C)C)c2cc(C(=O)OCCN(C)C)[nH]c2c1. The normalized spacial score (nSPS) is 10.9. The molecule has 1 N–H and O–H groups in total. The third-order valence-electron chi connectivity index (χ3n) is 3.42. The zero-order valence-electron chi connectivity index (χ0n) is 14.7. The molecule has 0 aliphatic rings. The third kappa shape index (κ3) is 4.26. The van der Waals surface area contributed by atoms with Crippen molar-refractivity contribution in [2.24, 2.45) is 0 Å². The van der Waals surface area contributed by atoms with E-state index >= 15 is 0 Å². The Morgan fingerprint density at radius 2 is 1.83 bits per heavy atom. The minimum absolute atomic E-state index is 0.320. The molecular formula is C17H23N3O4.